The molecule has 33 heavy (non-hydrogen) atoms. The first-order chi connectivity index (χ1) is 15.9. The van der Waals surface area contributed by atoms with Crippen LogP contribution in [-0.2, 0) is 13.5 Å². The summed E-state index contributed by atoms with van der Waals surface area (Å²) in [6.45, 7) is 4.13. The number of nitrogens with zero attached hydrogens (tertiary/aromatic N) is 3. The summed E-state index contributed by atoms with van der Waals surface area (Å²) in [7, 11) is 3.44. The number of hydrogen-bond donors (Lipinski definition) is 0. The molecule has 0 aliphatic carbocycles. The standard InChI is InChI=1S/C26H28FN3O3/c1-18-16-24(31)25(23(28(18)2)17-19-6-4-5-7-22(19)27)26(32)30-14-12-29(13-15-30)20-8-10-21(33-3)11-9-20/h4-11,16H,12-15,17H2,1-3H3. The SMILES string of the molecule is COc1ccc(N2CCN(C(=O)c3c(Cc4ccccc4F)n(C)c(C)cc3=O)CC2)cc1. The molecule has 2 heterocycles. The van der Waals surface area contributed by atoms with Crippen LogP contribution in [0.5, 0.6) is 5.75 Å². The molecule has 0 spiro atoms. The van der Waals surface area contributed by atoms with Gasteiger partial charge in [0, 0.05) is 62.8 Å². The summed E-state index contributed by atoms with van der Waals surface area (Å²) < 4.78 is 21.4. The van der Waals surface area contributed by atoms with Gasteiger partial charge < -0.3 is 19.1 Å². The molecule has 172 valence electrons. The van der Waals surface area contributed by atoms with E-state index < -0.39 is 0 Å². The summed E-state index contributed by atoms with van der Waals surface area (Å²) in [6, 6.07) is 15.8. The number of rotatable bonds is 5. The van der Waals surface area contributed by atoms with E-state index >= 15 is 0 Å². The molecule has 7 heteroatoms. The zero-order valence-electron chi connectivity index (χ0n) is 19.2. The number of aromatic nitrogens is 1. The first kappa shape index (κ1) is 22.6. The highest BCUT2D eigenvalue weighted by Gasteiger charge is 2.27. The third-order valence-electron chi connectivity index (χ3n) is 6.34. The Balaban J connectivity index is 1.57. The number of aryl methyl sites for hydroxylation is 1. The summed E-state index contributed by atoms with van der Waals surface area (Å²) in [5.74, 6) is 0.152. The maximum absolute atomic E-state index is 14.4. The molecule has 1 aliphatic rings. The second-order valence-electron chi connectivity index (χ2n) is 8.28. The number of benzene rings is 2. The van der Waals surface area contributed by atoms with E-state index in [1.165, 1.54) is 12.1 Å². The lowest BCUT2D eigenvalue weighted by Crippen LogP contribution is -2.50. The highest BCUT2D eigenvalue weighted by Crippen LogP contribution is 2.22. The Hall–Kier alpha value is -3.61. The zero-order valence-corrected chi connectivity index (χ0v) is 19.2. The number of ether oxygens (including phenoxy) is 1. The zero-order chi connectivity index (χ0) is 23.5. The molecular formula is C26H28FN3O3. The lowest BCUT2D eigenvalue weighted by molar-refractivity contribution is 0.0743. The number of halogens is 1. The topological polar surface area (TPSA) is 54.8 Å². The molecule has 1 aromatic heterocycles. The van der Waals surface area contributed by atoms with Gasteiger partial charge in [-0.25, -0.2) is 4.39 Å². The summed E-state index contributed by atoms with van der Waals surface area (Å²) in [5, 5.41) is 0. The first-order valence-corrected chi connectivity index (χ1v) is 11.0. The van der Waals surface area contributed by atoms with Gasteiger partial charge >= 0.3 is 0 Å². The molecule has 1 fully saturated rings. The van der Waals surface area contributed by atoms with Gasteiger partial charge in [0.15, 0.2) is 5.43 Å². The third kappa shape index (κ3) is 4.62. The number of amides is 1. The Labute approximate surface area is 192 Å². The van der Waals surface area contributed by atoms with Crippen LogP contribution in [0.4, 0.5) is 10.1 Å². The maximum atomic E-state index is 14.4. The third-order valence-corrected chi connectivity index (χ3v) is 6.34. The molecule has 4 rings (SSSR count). The molecule has 6 nitrogen and oxygen atoms in total. The smallest absolute Gasteiger partial charge is 0.259 e. The molecule has 2 aromatic carbocycles. The summed E-state index contributed by atoms with van der Waals surface area (Å²) in [4.78, 5) is 30.4. The van der Waals surface area contributed by atoms with Crippen molar-refractivity contribution in [3.05, 3.63) is 93.2 Å². The van der Waals surface area contributed by atoms with Crippen molar-refractivity contribution in [2.45, 2.75) is 13.3 Å². The number of hydrogen-bond acceptors (Lipinski definition) is 4. The monoisotopic (exact) mass is 449 g/mol. The number of carbonyl (C=O) groups is 1. The molecule has 0 radical (unpaired) electrons. The molecule has 1 amide bonds. The van der Waals surface area contributed by atoms with Crippen molar-refractivity contribution in [2.24, 2.45) is 7.05 Å². The van der Waals surface area contributed by atoms with E-state index in [-0.39, 0.29) is 29.1 Å². The minimum absolute atomic E-state index is 0.129. The van der Waals surface area contributed by atoms with Gasteiger partial charge in [0.1, 0.15) is 17.1 Å². The highest BCUT2D eigenvalue weighted by molar-refractivity contribution is 5.95. The van der Waals surface area contributed by atoms with Crippen molar-refractivity contribution in [2.75, 3.05) is 38.2 Å². The Morgan fingerprint density at radius 1 is 1.03 bits per heavy atom. The van der Waals surface area contributed by atoms with Gasteiger partial charge in [-0.1, -0.05) is 18.2 Å². The lowest BCUT2D eigenvalue weighted by Gasteiger charge is -2.36. The number of methoxy groups -OCH3 is 1. The predicted molar refractivity (Wildman–Crippen MR) is 127 cm³/mol. The van der Waals surface area contributed by atoms with Crippen LogP contribution in [0.2, 0.25) is 0 Å². The van der Waals surface area contributed by atoms with Gasteiger partial charge in [-0.15, -0.1) is 0 Å². The van der Waals surface area contributed by atoms with Gasteiger partial charge in [0.2, 0.25) is 0 Å². The Morgan fingerprint density at radius 2 is 1.70 bits per heavy atom. The Morgan fingerprint density at radius 3 is 2.33 bits per heavy atom. The molecule has 3 aromatic rings. The van der Waals surface area contributed by atoms with Gasteiger partial charge in [-0.2, -0.15) is 0 Å². The fourth-order valence-electron chi connectivity index (χ4n) is 4.26. The van der Waals surface area contributed by atoms with Crippen molar-refractivity contribution < 1.29 is 13.9 Å². The average molecular weight is 450 g/mol. The normalized spacial score (nSPS) is 13.8. The van der Waals surface area contributed by atoms with Gasteiger partial charge in [-0.05, 0) is 42.8 Å². The van der Waals surface area contributed by atoms with Gasteiger partial charge in [0.05, 0.1) is 7.11 Å². The maximum Gasteiger partial charge on any atom is 0.259 e. The van der Waals surface area contributed by atoms with Crippen molar-refractivity contribution >= 4 is 11.6 Å². The van der Waals surface area contributed by atoms with Crippen LogP contribution >= 0.6 is 0 Å². The van der Waals surface area contributed by atoms with E-state index in [0.717, 1.165) is 17.1 Å². The largest absolute Gasteiger partial charge is 0.497 e. The van der Waals surface area contributed by atoms with E-state index in [4.69, 9.17) is 4.74 Å². The number of pyridine rings is 1. The molecule has 0 saturated carbocycles. The minimum Gasteiger partial charge on any atom is -0.497 e. The van der Waals surface area contributed by atoms with Crippen LogP contribution in [0.3, 0.4) is 0 Å². The van der Waals surface area contributed by atoms with Gasteiger partial charge in [-0.3, -0.25) is 9.59 Å². The van der Waals surface area contributed by atoms with Crippen molar-refractivity contribution in [3.63, 3.8) is 0 Å². The summed E-state index contributed by atoms with van der Waals surface area (Å²) in [5.41, 5.74) is 2.59. The second kappa shape index (κ2) is 9.48. The van der Waals surface area contributed by atoms with E-state index in [0.29, 0.717) is 37.4 Å². The van der Waals surface area contributed by atoms with Crippen LogP contribution in [0.1, 0.15) is 27.3 Å². The van der Waals surface area contributed by atoms with E-state index in [2.05, 4.69) is 4.90 Å². The summed E-state index contributed by atoms with van der Waals surface area (Å²) in [6.07, 6.45) is 0.174. The fraction of sp³-hybridized carbons (Fsp3) is 0.308. The molecule has 1 aliphatic heterocycles. The first-order valence-electron chi connectivity index (χ1n) is 11.0. The average Bonchev–Trinajstić information content (AvgIpc) is 2.83. The van der Waals surface area contributed by atoms with Crippen molar-refractivity contribution in [3.8, 4) is 5.75 Å². The van der Waals surface area contributed by atoms with Crippen LogP contribution in [0.15, 0.2) is 59.4 Å². The molecular weight excluding hydrogens is 421 g/mol. The predicted octanol–water partition coefficient (Wildman–Crippen LogP) is 3.39. The quantitative estimate of drug-likeness (QED) is 0.599. The molecule has 1 saturated heterocycles. The van der Waals surface area contributed by atoms with E-state index in [1.54, 1.807) is 30.2 Å². The second-order valence-corrected chi connectivity index (χ2v) is 8.28. The fourth-order valence-corrected chi connectivity index (χ4v) is 4.26. The van der Waals surface area contributed by atoms with Crippen molar-refractivity contribution in [1.82, 2.24) is 9.47 Å². The Kier molecular flexibility index (Phi) is 6.49. The number of anilines is 1. The molecule has 0 N–H and O–H groups in total. The van der Waals surface area contributed by atoms with Crippen molar-refractivity contribution in [1.29, 1.82) is 0 Å². The number of piperazine rings is 1. The minimum atomic E-state index is -0.349. The number of carbonyl (C=O) groups excluding carboxylic acids is 1. The van der Waals surface area contributed by atoms with Crippen LogP contribution in [0, 0.1) is 12.7 Å². The molecule has 0 unspecified atom stereocenters. The Bertz CT molecular complexity index is 1210. The highest BCUT2D eigenvalue weighted by atomic mass is 19.1. The van der Waals surface area contributed by atoms with E-state index in [1.807, 2.05) is 42.8 Å². The molecule has 0 atom stereocenters. The van der Waals surface area contributed by atoms with E-state index in [9.17, 15) is 14.0 Å². The van der Waals surface area contributed by atoms with Crippen LogP contribution in [-0.4, -0.2) is 48.7 Å². The lowest BCUT2D eigenvalue weighted by atomic mass is 10.0. The van der Waals surface area contributed by atoms with Crippen LogP contribution in [0.25, 0.3) is 0 Å². The van der Waals surface area contributed by atoms with Gasteiger partial charge in [0.25, 0.3) is 5.91 Å². The van der Waals surface area contributed by atoms with Crippen LogP contribution < -0.4 is 15.1 Å². The molecule has 0 bridgehead atoms. The summed E-state index contributed by atoms with van der Waals surface area (Å²) >= 11 is 0.